The van der Waals surface area contributed by atoms with Gasteiger partial charge in [0.2, 0.25) is 11.0 Å². The smallest absolute Gasteiger partial charge is 0.207 e. The normalized spacial score (nSPS) is 12.1. The monoisotopic (exact) mass is 589 g/mol. The van der Waals surface area contributed by atoms with Gasteiger partial charge >= 0.3 is 0 Å². The van der Waals surface area contributed by atoms with Gasteiger partial charge in [-0.2, -0.15) is 0 Å². The predicted molar refractivity (Wildman–Crippen MR) is 160 cm³/mol. The summed E-state index contributed by atoms with van der Waals surface area (Å²) in [6.45, 7) is 3.72. The van der Waals surface area contributed by atoms with E-state index < -0.39 is 16.1 Å². The number of para-hydroxylation sites is 1. The van der Waals surface area contributed by atoms with Crippen molar-refractivity contribution in [2.45, 2.75) is 18.7 Å². The molecule has 214 valence electrons. The number of carboxylic acid groups (broad SMARTS) is 1. The van der Waals surface area contributed by atoms with Gasteiger partial charge in [-0.25, -0.2) is 13.4 Å². The van der Waals surface area contributed by atoms with Crippen molar-refractivity contribution in [1.29, 1.82) is 0 Å². The first kappa shape index (κ1) is 27.9. The maximum atomic E-state index is 12.1. The molecule has 1 heterocycles. The van der Waals surface area contributed by atoms with E-state index in [1.165, 1.54) is 24.3 Å². The van der Waals surface area contributed by atoms with Crippen LogP contribution in [0.4, 0.5) is 17.1 Å². The third-order valence-electron chi connectivity index (χ3n) is 7.33. The molecular formula is C34H25N2O6S-. The van der Waals surface area contributed by atoms with Crippen LogP contribution in [0.1, 0.15) is 21.5 Å². The lowest BCUT2D eigenvalue weighted by Crippen LogP contribution is -2.70. The van der Waals surface area contributed by atoms with Gasteiger partial charge in [0.05, 0.1) is 16.9 Å². The van der Waals surface area contributed by atoms with E-state index in [0.717, 1.165) is 22.3 Å². The highest BCUT2D eigenvalue weighted by molar-refractivity contribution is 7.85. The number of hydrogen-bond donors (Lipinski definition) is 2. The molecule has 1 aliphatic heterocycles. The Morgan fingerprint density at radius 3 is 2.33 bits per heavy atom. The Morgan fingerprint density at radius 1 is 0.814 bits per heavy atom. The predicted octanol–water partition coefficient (Wildman–Crippen LogP) is 4.15. The lowest BCUT2D eigenvalue weighted by atomic mass is 9.90. The Kier molecular flexibility index (Phi) is 7.05. The highest BCUT2D eigenvalue weighted by atomic mass is 32.2. The number of fused-ring (bicyclic) bond motifs is 2. The molecule has 1 aliphatic carbocycles. The first-order valence-electron chi connectivity index (χ1n) is 13.4. The molecule has 43 heavy (non-hydrogen) atoms. The molecule has 0 saturated carbocycles. The van der Waals surface area contributed by atoms with Crippen LogP contribution in [0.3, 0.4) is 0 Å². The molecule has 0 aromatic heterocycles. The fourth-order valence-electron chi connectivity index (χ4n) is 5.17. The Morgan fingerprint density at radius 2 is 1.58 bits per heavy atom. The van der Waals surface area contributed by atoms with Crippen LogP contribution in [0.2, 0.25) is 0 Å². The second-order valence-corrected chi connectivity index (χ2v) is 11.6. The fraction of sp³-hybridized carbons (Fsp3) is 0.0588. The molecule has 2 aliphatic rings. The molecule has 0 radical (unpaired) electrons. The Bertz CT molecular complexity index is 2200. The summed E-state index contributed by atoms with van der Waals surface area (Å²) in [7, 11) is -4.58. The fourth-order valence-corrected chi connectivity index (χ4v) is 5.73. The maximum absolute atomic E-state index is 12.1. The van der Waals surface area contributed by atoms with Crippen LogP contribution in [0.15, 0.2) is 112 Å². The summed E-state index contributed by atoms with van der Waals surface area (Å²) in [6, 6.07) is 29.9. The van der Waals surface area contributed by atoms with E-state index in [0.29, 0.717) is 44.6 Å². The van der Waals surface area contributed by atoms with E-state index in [2.05, 4.69) is 10.3 Å². The Labute approximate surface area is 247 Å². The number of nitrogens with one attached hydrogen (secondary N) is 2. The zero-order valence-electron chi connectivity index (χ0n) is 23.2. The van der Waals surface area contributed by atoms with Crippen molar-refractivity contribution in [1.82, 2.24) is 0 Å². The SMILES string of the molecule is Cc1ccccc1Nc1ccc2c(-c3ccccc3C(=O)[O-])c3ccc(=[NH+]c4ccc(S(=O)(=O)[O-])cc4C)cc-3oc2c1. The standard InChI is InChI=1S/C34H26N2O6S/c1-20-7-3-6-10-29(20)35-22-11-14-27-31(18-22)42-32-19-23(36-30-16-13-24(17-21(30)2)43(39,40)41)12-15-28(32)33(27)25-8-4-5-9-26(25)34(37)38/h3-19,35H,1-2H3,(H,37,38)(H,39,40,41)/p-1. The summed E-state index contributed by atoms with van der Waals surface area (Å²) in [6.07, 6.45) is 0. The van der Waals surface area contributed by atoms with Crippen molar-refractivity contribution in [3.63, 3.8) is 0 Å². The van der Waals surface area contributed by atoms with Crippen molar-refractivity contribution in [3.05, 3.63) is 125 Å². The Hall–Kier alpha value is -5.25. The first-order chi connectivity index (χ1) is 20.6. The summed E-state index contributed by atoms with van der Waals surface area (Å²) in [5, 5.41) is 16.9. The number of aromatic carboxylic acids is 1. The molecule has 4 aromatic rings. The summed E-state index contributed by atoms with van der Waals surface area (Å²) < 4.78 is 40.7. The van der Waals surface area contributed by atoms with Crippen molar-refractivity contribution < 1.29 is 32.3 Å². The number of rotatable bonds is 6. The van der Waals surface area contributed by atoms with Gasteiger partial charge in [-0.15, -0.1) is 0 Å². The molecular weight excluding hydrogens is 564 g/mol. The molecule has 0 saturated heterocycles. The van der Waals surface area contributed by atoms with Gasteiger partial charge < -0.3 is 24.2 Å². The van der Waals surface area contributed by atoms with Crippen molar-refractivity contribution >= 4 is 44.1 Å². The molecule has 0 unspecified atom stereocenters. The van der Waals surface area contributed by atoms with Gasteiger partial charge in [0, 0.05) is 57.2 Å². The third-order valence-corrected chi connectivity index (χ3v) is 8.16. The first-order valence-corrected chi connectivity index (χ1v) is 14.8. The van der Waals surface area contributed by atoms with Crippen molar-refractivity contribution in [2.24, 2.45) is 0 Å². The van der Waals surface area contributed by atoms with E-state index in [1.54, 1.807) is 31.2 Å². The topological polar surface area (TPSA) is 136 Å². The lowest BCUT2D eigenvalue weighted by Gasteiger charge is -2.18. The number of carboxylic acids is 1. The van der Waals surface area contributed by atoms with Gasteiger partial charge in [0.25, 0.3) is 0 Å². The second kappa shape index (κ2) is 10.9. The average molecular weight is 590 g/mol. The van der Waals surface area contributed by atoms with E-state index in [4.69, 9.17) is 4.42 Å². The minimum absolute atomic E-state index is 0.0599. The second-order valence-electron chi connectivity index (χ2n) is 10.2. The third kappa shape index (κ3) is 5.51. The number of anilines is 2. The minimum atomic E-state index is -4.58. The van der Waals surface area contributed by atoms with Crippen LogP contribution in [0.5, 0.6) is 0 Å². The van der Waals surface area contributed by atoms with Crippen LogP contribution in [-0.2, 0) is 10.1 Å². The zero-order valence-corrected chi connectivity index (χ0v) is 24.0. The van der Waals surface area contributed by atoms with Gasteiger partial charge in [-0.05, 0) is 61.4 Å². The molecule has 2 N–H and O–H groups in total. The summed E-state index contributed by atoms with van der Waals surface area (Å²) in [5.74, 6) is -0.794. The quantitative estimate of drug-likeness (QED) is 0.220. The van der Waals surface area contributed by atoms with Gasteiger partial charge in [0.1, 0.15) is 21.5 Å². The van der Waals surface area contributed by atoms with Crippen molar-refractivity contribution in [2.75, 3.05) is 5.32 Å². The minimum Gasteiger partial charge on any atom is -0.744 e. The van der Waals surface area contributed by atoms with Gasteiger partial charge in [-0.1, -0.05) is 42.5 Å². The Balaban J connectivity index is 1.57. The van der Waals surface area contributed by atoms with E-state index >= 15 is 0 Å². The summed E-state index contributed by atoms with van der Waals surface area (Å²) in [4.78, 5) is 15.1. The molecule has 0 fully saturated rings. The average Bonchev–Trinajstić information content (AvgIpc) is 2.97. The molecule has 8 nitrogen and oxygen atoms in total. The number of hydrogen-bond acceptors (Lipinski definition) is 7. The lowest BCUT2D eigenvalue weighted by molar-refractivity contribution is -0.403. The van der Waals surface area contributed by atoms with Crippen LogP contribution in [-0.4, -0.2) is 18.9 Å². The molecule has 4 aromatic carbocycles. The highest BCUT2D eigenvalue weighted by Crippen LogP contribution is 2.41. The molecule has 9 heteroatoms. The molecule has 6 rings (SSSR count). The van der Waals surface area contributed by atoms with Crippen LogP contribution in [0.25, 0.3) is 33.4 Å². The van der Waals surface area contributed by atoms with Crippen LogP contribution < -0.4 is 20.8 Å². The number of carbonyl (C=O) groups excluding carboxylic acids is 1. The largest absolute Gasteiger partial charge is 0.744 e. The van der Waals surface area contributed by atoms with Crippen molar-refractivity contribution in [3.8, 4) is 22.5 Å². The van der Waals surface area contributed by atoms with E-state index in [9.17, 15) is 22.9 Å². The molecule has 0 amide bonds. The van der Waals surface area contributed by atoms with Gasteiger partial charge in [0.15, 0.2) is 0 Å². The molecule has 0 spiro atoms. The van der Waals surface area contributed by atoms with E-state index in [-0.39, 0.29) is 10.5 Å². The maximum Gasteiger partial charge on any atom is 0.207 e. The molecule has 0 atom stereocenters. The molecule has 0 bridgehead atoms. The van der Waals surface area contributed by atoms with E-state index in [1.807, 2.05) is 61.5 Å². The van der Waals surface area contributed by atoms with Gasteiger partial charge in [-0.3, -0.25) is 0 Å². The zero-order chi connectivity index (χ0) is 30.3. The number of carbonyl (C=O) groups is 1. The highest BCUT2D eigenvalue weighted by Gasteiger charge is 2.20. The number of benzene rings is 5. The summed E-state index contributed by atoms with van der Waals surface area (Å²) in [5.41, 5.74) is 6.47. The summed E-state index contributed by atoms with van der Waals surface area (Å²) >= 11 is 0. The number of aryl methyl sites for hydroxylation is 2. The van der Waals surface area contributed by atoms with Crippen LogP contribution >= 0.6 is 0 Å². The van der Waals surface area contributed by atoms with Crippen LogP contribution in [0, 0.1) is 13.8 Å².